The Kier molecular flexibility index (Phi) is 9.01. The highest BCUT2D eigenvalue weighted by molar-refractivity contribution is 8.01. The number of Topliss-reactive ketones (excluding diaryl/α,β-unsaturated/α-hetero) is 1. The molecule has 0 spiro atoms. The number of esters is 2. The average molecular weight is 465 g/mol. The lowest BCUT2D eigenvalue weighted by Gasteiger charge is -2.11. The number of aromatic amines is 1. The topological polar surface area (TPSA) is 115 Å². The highest BCUT2D eigenvalue weighted by Crippen LogP contribution is 2.20. The van der Waals surface area contributed by atoms with Gasteiger partial charge in [-0.2, -0.15) is 0 Å². The number of hydrogen-bond acceptors (Lipinski definition) is 7. The van der Waals surface area contributed by atoms with E-state index in [1.54, 1.807) is 27.7 Å². The van der Waals surface area contributed by atoms with E-state index in [1.807, 2.05) is 0 Å². The molecule has 1 aromatic heterocycles. The fourth-order valence-electron chi connectivity index (χ4n) is 2.90. The van der Waals surface area contributed by atoms with Crippen LogP contribution in [-0.4, -0.2) is 52.8 Å². The van der Waals surface area contributed by atoms with Crippen LogP contribution in [0.25, 0.3) is 0 Å². The van der Waals surface area contributed by atoms with Gasteiger partial charge in [-0.1, -0.05) is 0 Å². The van der Waals surface area contributed by atoms with Gasteiger partial charge in [0.05, 0.1) is 12.4 Å². The largest absolute Gasteiger partial charge is 0.461 e. The summed E-state index contributed by atoms with van der Waals surface area (Å²) in [6.07, 6.45) is 0. The van der Waals surface area contributed by atoms with Crippen LogP contribution < -0.4 is 5.32 Å². The maximum Gasteiger partial charge on any atom is 0.355 e. The summed E-state index contributed by atoms with van der Waals surface area (Å²) in [6, 6.07) is 5.31. The zero-order valence-electron chi connectivity index (χ0n) is 18.2. The lowest BCUT2D eigenvalue weighted by atomic mass is 10.1. The summed E-state index contributed by atoms with van der Waals surface area (Å²) < 4.78 is 23.0. The van der Waals surface area contributed by atoms with Gasteiger partial charge in [-0.25, -0.2) is 9.18 Å². The number of anilines is 1. The number of nitrogens with one attached hydrogen (secondary N) is 2. The van der Waals surface area contributed by atoms with E-state index >= 15 is 0 Å². The second-order valence-electron chi connectivity index (χ2n) is 6.88. The Morgan fingerprint density at radius 2 is 1.78 bits per heavy atom. The first kappa shape index (κ1) is 25.1. The van der Waals surface area contributed by atoms with Gasteiger partial charge in [0.2, 0.25) is 11.7 Å². The Hall–Kier alpha value is -3.14. The second kappa shape index (κ2) is 11.5. The van der Waals surface area contributed by atoms with E-state index in [0.717, 1.165) is 11.8 Å². The van der Waals surface area contributed by atoms with Gasteiger partial charge in [0.25, 0.3) is 0 Å². The predicted molar refractivity (Wildman–Crippen MR) is 118 cm³/mol. The third-order valence-electron chi connectivity index (χ3n) is 4.47. The van der Waals surface area contributed by atoms with Crippen LogP contribution in [0.4, 0.5) is 10.1 Å². The monoisotopic (exact) mass is 464 g/mol. The standard InChI is InChI=1S/C22H25FN2O6S/c1-5-30-22(29)20-12(2)19(13(3)24-20)17(26)10-31-21(28)14(4)32-11-18(27)25-16-8-6-15(23)7-9-16/h6-9,14,24H,5,10-11H2,1-4H3,(H,25,27). The minimum absolute atomic E-state index is 0.0273. The van der Waals surface area contributed by atoms with E-state index in [-0.39, 0.29) is 29.5 Å². The molecule has 1 atom stereocenters. The van der Waals surface area contributed by atoms with Crippen molar-refractivity contribution < 1.29 is 33.0 Å². The molecule has 0 aliphatic heterocycles. The molecule has 8 nitrogen and oxygen atoms in total. The third-order valence-corrected chi connectivity index (χ3v) is 5.59. The van der Waals surface area contributed by atoms with Crippen LogP contribution in [0.3, 0.4) is 0 Å². The SMILES string of the molecule is CCOC(=O)c1[nH]c(C)c(C(=O)COC(=O)C(C)SCC(=O)Nc2ccc(F)cc2)c1C. The highest BCUT2D eigenvalue weighted by atomic mass is 32.2. The number of aryl methyl sites for hydroxylation is 1. The van der Waals surface area contributed by atoms with Crippen LogP contribution in [0.2, 0.25) is 0 Å². The van der Waals surface area contributed by atoms with Gasteiger partial charge < -0.3 is 19.8 Å². The summed E-state index contributed by atoms with van der Waals surface area (Å²) in [5, 5.41) is 1.90. The third kappa shape index (κ3) is 6.68. The molecule has 10 heteroatoms. The van der Waals surface area contributed by atoms with Crippen LogP contribution in [0.15, 0.2) is 24.3 Å². The summed E-state index contributed by atoms with van der Waals surface area (Å²) in [5.74, 6) is -2.46. The Morgan fingerprint density at radius 3 is 2.41 bits per heavy atom. The minimum Gasteiger partial charge on any atom is -0.461 e. The van der Waals surface area contributed by atoms with Gasteiger partial charge in [0.1, 0.15) is 16.8 Å². The van der Waals surface area contributed by atoms with Crippen molar-refractivity contribution in [3.05, 3.63) is 52.6 Å². The van der Waals surface area contributed by atoms with E-state index in [0.29, 0.717) is 16.9 Å². The number of aromatic nitrogens is 1. The molecule has 1 unspecified atom stereocenters. The first-order valence-corrected chi connectivity index (χ1v) is 10.9. The first-order valence-electron chi connectivity index (χ1n) is 9.87. The molecule has 0 bridgehead atoms. The average Bonchev–Trinajstić information content (AvgIpc) is 3.06. The zero-order valence-corrected chi connectivity index (χ0v) is 19.1. The summed E-state index contributed by atoms with van der Waals surface area (Å²) >= 11 is 1.04. The van der Waals surface area contributed by atoms with E-state index in [2.05, 4.69) is 10.3 Å². The molecule has 0 saturated heterocycles. The molecular weight excluding hydrogens is 439 g/mol. The number of ether oxygens (including phenoxy) is 2. The lowest BCUT2D eigenvalue weighted by molar-refractivity contribution is -0.141. The number of halogens is 1. The van der Waals surface area contributed by atoms with Crippen molar-refractivity contribution in [1.29, 1.82) is 0 Å². The van der Waals surface area contributed by atoms with Crippen molar-refractivity contribution in [3.63, 3.8) is 0 Å². The molecule has 0 aliphatic carbocycles. The molecular formula is C22H25FN2O6S. The Labute approximate surface area is 189 Å². The fourth-order valence-corrected chi connectivity index (χ4v) is 3.58. The van der Waals surface area contributed by atoms with Crippen molar-refractivity contribution in [1.82, 2.24) is 4.98 Å². The number of rotatable bonds is 10. The maximum atomic E-state index is 12.9. The zero-order chi connectivity index (χ0) is 23.8. The number of hydrogen-bond donors (Lipinski definition) is 2. The maximum absolute atomic E-state index is 12.9. The molecule has 2 rings (SSSR count). The van der Waals surface area contributed by atoms with E-state index in [9.17, 15) is 23.6 Å². The van der Waals surface area contributed by atoms with Gasteiger partial charge in [-0.05, 0) is 57.5 Å². The summed E-state index contributed by atoms with van der Waals surface area (Å²) in [4.78, 5) is 51.5. The van der Waals surface area contributed by atoms with Crippen LogP contribution in [0, 0.1) is 19.7 Å². The minimum atomic E-state index is -0.690. The molecule has 1 heterocycles. The Morgan fingerprint density at radius 1 is 1.12 bits per heavy atom. The van der Waals surface area contributed by atoms with Crippen LogP contribution in [0.5, 0.6) is 0 Å². The van der Waals surface area contributed by atoms with Gasteiger partial charge >= 0.3 is 11.9 Å². The molecule has 32 heavy (non-hydrogen) atoms. The van der Waals surface area contributed by atoms with Gasteiger partial charge in [0, 0.05) is 16.9 Å². The van der Waals surface area contributed by atoms with Crippen LogP contribution >= 0.6 is 11.8 Å². The van der Waals surface area contributed by atoms with Crippen molar-refractivity contribution in [2.24, 2.45) is 0 Å². The number of thioether (sulfide) groups is 1. The molecule has 172 valence electrons. The normalized spacial score (nSPS) is 11.5. The number of benzene rings is 1. The summed E-state index contributed by atoms with van der Waals surface area (Å²) in [7, 11) is 0. The van der Waals surface area contributed by atoms with Crippen LogP contribution in [-0.2, 0) is 19.1 Å². The van der Waals surface area contributed by atoms with Crippen molar-refractivity contribution in [2.75, 3.05) is 24.3 Å². The quantitative estimate of drug-likeness (QED) is 0.409. The molecule has 0 fully saturated rings. The second-order valence-corrected chi connectivity index (χ2v) is 8.21. The van der Waals surface area contributed by atoms with Crippen molar-refractivity contribution in [3.8, 4) is 0 Å². The predicted octanol–water partition coefficient (Wildman–Crippen LogP) is 3.43. The summed E-state index contributed by atoms with van der Waals surface area (Å²) in [6.45, 7) is 6.21. The number of carbonyl (C=O) groups is 4. The first-order chi connectivity index (χ1) is 15.1. The number of H-pyrrole nitrogens is 1. The molecule has 0 saturated carbocycles. The van der Waals surface area contributed by atoms with E-state index < -0.39 is 35.4 Å². The van der Waals surface area contributed by atoms with E-state index in [4.69, 9.17) is 9.47 Å². The van der Waals surface area contributed by atoms with Crippen LogP contribution in [0.1, 0.15) is 46.0 Å². The van der Waals surface area contributed by atoms with Crippen molar-refractivity contribution >= 4 is 41.1 Å². The number of amides is 1. The van der Waals surface area contributed by atoms with E-state index in [1.165, 1.54) is 24.3 Å². The molecule has 1 amide bonds. The number of carbonyl (C=O) groups excluding carboxylic acids is 4. The highest BCUT2D eigenvalue weighted by Gasteiger charge is 2.24. The van der Waals surface area contributed by atoms with Gasteiger partial charge in [0.15, 0.2) is 6.61 Å². The molecule has 2 aromatic rings. The number of ketones is 1. The Balaban J connectivity index is 1.85. The van der Waals surface area contributed by atoms with Gasteiger partial charge in [-0.3, -0.25) is 14.4 Å². The summed E-state index contributed by atoms with van der Waals surface area (Å²) in [5.41, 5.74) is 1.82. The fraction of sp³-hybridized carbons (Fsp3) is 0.364. The van der Waals surface area contributed by atoms with Gasteiger partial charge in [-0.15, -0.1) is 11.8 Å². The Bertz CT molecular complexity index is 1000. The smallest absolute Gasteiger partial charge is 0.355 e. The van der Waals surface area contributed by atoms with Crippen molar-refractivity contribution in [2.45, 2.75) is 32.9 Å². The lowest BCUT2D eigenvalue weighted by Crippen LogP contribution is -2.24. The molecule has 2 N–H and O–H groups in total. The molecule has 1 aromatic carbocycles. The molecule has 0 radical (unpaired) electrons. The molecule has 0 aliphatic rings.